The molecule has 7 heteroatoms. The monoisotopic (exact) mass is 510 g/mol. The molecule has 1 aliphatic heterocycles. The van der Waals surface area contributed by atoms with Gasteiger partial charge in [0.05, 0.1) is 31.7 Å². The molecule has 0 N–H and O–H groups in total. The average molecular weight is 511 g/mol. The molecule has 1 fully saturated rings. The van der Waals surface area contributed by atoms with Crippen molar-refractivity contribution in [1.29, 1.82) is 0 Å². The summed E-state index contributed by atoms with van der Waals surface area (Å²) in [5.74, 6) is -0.159. The van der Waals surface area contributed by atoms with Crippen LogP contribution in [-0.2, 0) is 48.6 Å². The highest BCUT2D eigenvalue weighted by Crippen LogP contribution is 2.31. The Hall–Kier alpha value is -2.55. The van der Waals surface area contributed by atoms with Gasteiger partial charge in [0.25, 0.3) is 0 Å². The van der Waals surface area contributed by atoms with Crippen molar-refractivity contribution in [2.24, 2.45) is 0 Å². The molecule has 0 amide bonds. The Kier molecular flexibility index (Phi) is 9.29. The van der Waals surface area contributed by atoms with E-state index in [2.05, 4.69) is 0 Å². The third kappa shape index (κ3) is 7.72. The molecule has 1 aliphatic rings. The Morgan fingerprint density at radius 2 is 1.03 bits per heavy atom. The van der Waals surface area contributed by atoms with E-state index in [4.69, 9.17) is 18.9 Å². The fourth-order valence-corrected chi connectivity index (χ4v) is 5.32. The zero-order valence-corrected chi connectivity index (χ0v) is 21.5. The van der Waals surface area contributed by atoms with E-state index in [0.717, 1.165) is 16.7 Å². The maximum Gasteiger partial charge on any atom is 0.150 e. The molecule has 0 radical (unpaired) electrons. The quantitative estimate of drug-likeness (QED) is 0.376. The highest BCUT2D eigenvalue weighted by molar-refractivity contribution is 7.90. The van der Waals surface area contributed by atoms with Crippen LogP contribution in [0.3, 0.4) is 0 Å². The molecule has 0 spiro atoms. The molecule has 3 aromatic rings. The topological polar surface area (TPSA) is 71.1 Å². The predicted octanol–water partition coefficient (Wildman–Crippen LogP) is 4.57. The highest BCUT2D eigenvalue weighted by atomic mass is 32.2. The summed E-state index contributed by atoms with van der Waals surface area (Å²) in [6, 6.07) is 29.6. The molecule has 0 saturated carbocycles. The van der Waals surface area contributed by atoms with Gasteiger partial charge in [-0.05, 0) is 23.6 Å². The van der Waals surface area contributed by atoms with Crippen molar-refractivity contribution >= 4 is 9.84 Å². The van der Waals surface area contributed by atoms with Crippen LogP contribution in [0.4, 0.5) is 0 Å². The Balaban J connectivity index is 1.60. The Labute approximate surface area is 214 Å². The first-order valence-corrected chi connectivity index (χ1v) is 14.2. The smallest absolute Gasteiger partial charge is 0.150 e. The zero-order chi connectivity index (χ0) is 25.4. The number of ether oxygens (including phenoxy) is 4. The number of hydrogen-bond acceptors (Lipinski definition) is 6. The minimum Gasteiger partial charge on any atom is -0.369 e. The van der Waals surface area contributed by atoms with Crippen LogP contribution in [0.2, 0.25) is 0 Å². The van der Waals surface area contributed by atoms with E-state index in [-0.39, 0.29) is 5.75 Å². The third-order valence-corrected chi connectivity index (χ3v) is 7.12. The van der Waals surface area contributed by atoms with Crippen LogP contribution >= 0.6 is 0 Å². The van der Waals surface area contributed by atoms with Crippen molar-refractivity contribution in [2.45, 2.75) is 57.3 Å². The molecule has 3 aromatic carbocycles. The summed E-state index contributed by atoms with van der Waals surface area (Å²) in [5, 5.41) is 0. The van der Waals surface area contributed by atoms with Gasteiger partial charge in [0, 0.05) is 6.26 Å². The van der Waals surface area contributed by atoms with Crippen molar-refractivity contribution in [3.8, 4) is 0 Å². The van der Waals surface area contributed by atoms with Crippen LogP contribution < -0.4 is 0 Å². The van der Waals surface area contributed by atoms with E-state index in [1.54, 1.807) is 0 Å². The zero-order valence-electron chi connectivity index (χ0n) is 20.7. The van der Waals surface area contributed by atoms with Crippen molar-refractivity contribution in [3.63, 3.8) is 0 Å². The molecule has 0 aliphatic carbocycles. The van der Waals surface area contributed by atoms with Gasteiger partial charge in [0.2, 0.25) is 0 Å². The van der Waals surface area contributed by atoms with Gasteiger partial charge < -0.3 is 18.9 Å². The normalized spacial score (nSPS) is 24.4. The molecule has 0 bridgehead atoms. The Bertz CT molecular complexity index is 1150. The maximum atomic E-state index is 12.3. The molecule has 192 valence electrons. The van der Waals surface area contributed by atoms with Crippen LogP contribution in [0.5, 0.6) is 0 Å². The fraction of sp³-hybridized carbons (Fsp3) is 0.379. The standard InChI is InChI=1S/C29H34O6S/c1-22-27(32-18-23-12-6-3-7-13-23)29(34-20-25-16-10-5-11-17-25)28(26(35-22)21-36(2,30)31)33-19-24-14-8-4-9-15-24/h3-17,22,26-29H,18-21H2,1-2H3/t22-,26+,27+,28+,29+/m0/s1. The lowest BCUT2D eigenvalue weighted by atomic mass is 9.95. The van der Waals surface area contributed by atoms with Gasteiger partial charge in [0.1, 0.15) is 34.3 Å². The van der Waals surface area contributed by atoms with E-state index in [1.165, 1.54) is 6.26 Å². The van der Waals surface area contributed by atoms with Gasteiger partial charge in [-0.15, -0.1) is 0 Å². The minimum atomic E-state index is -3.33. The van der Waals surface area contributed by atoms with Crippen molar-refractivity contribution in [3.05, 3.63) is 108 Å². The summed E-state index contributed by atoms with van der Waals surface area (Å²) >= 11 is 0. The van der Waals surface area contributed by atoms with Crippen LogP contribution in [-0.4, -0.2) is 50.9 Å². The molecule has 0 unspecified atom stereocenters. The van der Waals surface area contributed by atoms with Crippen LogP contribution in [0.25, 0.3) is 0 Å². The Morgan fingerprint density at radius 1 is 0.639 bits per heavy atom. The lowest BCUT2D eigenvalue weighted by molar-refractivity contribution is -0.256. The third-order valence-electron chi connectivity index (χ3n) is 6.19. The van der Waals surface area contributed by atoms with Gasteiger partial charge in [-0.3, -0.25) is 0 Å². The summed E-state index contributed by atoms with van der Waals surface area (Å²) in [5.41, 5.74) is 3.03. The summed E-state index contributed by atoms with van der Waals surface area (Å²) in [6.07, 6.45) is -1.49. The molecule has 1 heterocycles. The summed E-state index contributed by atoms with van der Waals surface area (Å²) < 4.78 is 50.0. The largest absolute Gasteiger partial charge is 0.369 e. The molecule has 0 aromatic heterocycles. The molecular weight excluding hydrogens is 476 g/mol. The number of rotatable bonds is 11. The van der Waals surface area contributed by atoms with Crippen LogP contribution in [0.15, 0.2) is 91.0 Å². The molecule has 4 rings (SSSR count). The summed E-state index contributed by atoms with van der Waals surface area (Å²) in [7, 11) is -3.33. The minimum absolute atomic E-state index is 0.159. The van der Waals surface area contributed by atoms with Gasteiger partial charge >= 0.3 is 0 Å². The van der Waals surface area contributed by atoms with E-state index in [0.29, 0.717) is 19.8 Å². The first kappa shape index (κ1) is 26.5. The van der Waals surface area contributed by atoms with Gasteiger partial charge in [0.15, 0.2) is 0 Å². The van der Waals surface area contributed by atoms with Crippen LogP contribution in [0, 0.1) is 0 Å². The SMILES string of the molecule is C[C@@H]1O[C@H](CS(C)(=O)=O)[C@@H](OCc2ccccc2)[C@H](OCc2ccccc2)[C@@H]1OCc1ccccc1. The maximum absolute atomic E-state index is 12.3. The van der Waals surface area contributed by atoms with E-state index in [1.807, 2.05) is 97.9 Å². The number of sulfone groups is 1. The molecule has 6 nitrogen and oxygen atoms in total. The van der Waals surface area contributed by atoms with E-state index >= 15 is 0 Å². The second kappa shape index (κ2) is 12.6. The van der Waals surface area contributed by atoms with Gasteiger partial charge in [-0.2, -0.15) is 0 Å². The lowest BCUT2D eigenvalue weighted by Gasteiger charge is -2.45. The van der Waals surface area contributed by atoms with Crippen molar-refractivity contribution < 1.29 is 27.4 Å². The van der Waals surface area contributed by atoms with Crippen LogP contribution in [0.1, 0.15) is 23.6 Å². The molecular formula is C29H34O6S. The lowest BCUT2D eigenvalue weighted by Crippen LogP contribution is -2.60. The Morgan fingerprint density at radius 3 is 1.44 bits per heavy atom. The van der Waals surface area contributed by atoms with E-state index in [9.17, 15) is 8.42 Å². The van der Waals surface area contributed by atoms with Crippen molar-refractivity contribution in [2.75, 3.05) is 12.0 Å². The number of benzene rings is 3. The first-order valence-electron chi connectivity index (χ1n) is 12.2. The van der Waals surface area contributed by atoms with Crippen molar-refractivity contribution in [1.82, 2.24) is 0 Å². The van der Waals surface area contributed by atoms with E-state index < -0.39 is 40.4 Å². The average Bonchev–Trinajstić information content (AvgIpc) is 2.87. The molecule has 5 atom stereocenters. The molecule has 36 heavy (non-hydrogen) atoms. The summed E-state index contributed by atoms with van der Waals surface area (Å²) in [6.45, 7) is 2.93. The van der Waals surface area contributed by atoms with Gasteiger partial charge in [-0.1, -0.05) is 91.0 Å². The fourth-order valence-electron chi connectivity index (χ4n) is 4.45. The first-order chi connectivity index (χ1) is 17.4. The molecule has 1 saturated heterocycles. The predicted molar refractivity (Wildman–Crippen MR) is 139 cm³/mol. The second-order valence-corrected chi connectivity index (χ2v) is 11.4. The highest BCUT2D eigenvalue weighted by Gasteiger charge is 2.47. The van der Waals surface area contributed by atoms with Gasteiger partial charge in [-0.25, -0.2) is 8.42 Å². The summed E-state index contributed by atoms with van der Waals surface area (Å²) in [4.78, 5) is 0. The second-order valence-electron chi connectivity index (χ2n) is 9.26. The number of hydrogen-bond donors (Lipinski definition) is 0.